The molecule has 3 fully saturated rings. The molecule has 2 saturated carbocycles. The topological polar surface area (TPSA) is 57.7 Å². The molecule has 1 aliphatic heterocycles. The van der Waals surface area contributed by atoms with Crippen LogP contribution in [0.1, 0.15) is 65.2 Å². The van der Waals surface area contributed by atoms with E-state index in [0.717, 1.165) is 38.5 Å². The number of rotatable bonds is 2. The van der Waals surface area contributed by atoms with Crippen molar-refractivity contribution in [2.75, 3.05) is 6.54 Å². The molecule has 0 aromatic carbocycles. The molecule has 1 heterocycles. The Labute approximate surface area is 150 Å². The molecule has 0 radical (unpaired) electrons. The largest absolute Gasteiger partial charge is 0.334 e. The standard InChI is InChI=1S/C17H29ClN2O3S/c1-12-11-19(24(22,23)15-9-7-14(18)8-10-15)16-5-3-4-6-17(16)20(12)13(2)21/h12,14-17H,3-11H2,1-2H3/t12-,14?,15?,16?,17?/m0/s1. The van der Waals surface area contributed by atoms with Crippen molar-refractivity contribution in [3.05, 3.63) is 0 Å². The van der Waals surface area contributed by atoms with Crippen LogP contribution in [0.15, 0.2) is 0 Å². The van der Waals surface area contributed by atoms with Gasteiger partial charge in [0, 0.05) is 37.0 Å². The van der Waals surface area contributed by atoms with Gasteiger partial charge in [-0.3, -0.25) is 4.79 Å². The van der Waals surface area contributed by atoms with Crippen LogP contribution in [0.3, 0.4) is 0 Å². The summed E-state index contributed by atoms with van der Waals surface area (Å²) < 4.78 is 28.4. The SMILES string of the molecule is CC(=O)N1C2CCCCC2N(S(=O)(=O)C2CCC(Cl)CC2)C[C@@H]1C. The molecule has 0 spiro atoms. The highest BCUT2D eigenvalue weighted by Gasteiger charge is 2.48. The van der Waals surface area contributed by atoms with Crippen LogP contribution in [0.25, 0.3) is 0 Å². The number of alkyl halides is 1. The number of hydrogen-bond donors (Lipinski definition) is 0. The Morgan fingerprint density at radius 2 is 1.58 bits per heavy atom. The summed E-state index contributed by atoms with van der Waals surface area (Å²) in [5, 5.41) is -0.182. The molecular weight excluding hydrogens is 348 g/mol. The Kier molecular flexibility index (Phi) is 5.48. The first kappa shape index (κ1) is 18.5. The van der Waals surface area contributed by atoms with Gasteiger partial charge in [0.05, 0.1) is 5.25 Å². The molecule has 3 atom stereocenters. The highest BCUT2D eigenvalue weighted by molar-refractivity contribution is 7.89. The highest BCUT2D eigenvalue weighted by Crippen LogP contribution is 2.37. The summed E-state index contributed by atoms with van der Waals surface area (Å²) in [5.74, 6) is 0.0686. The summed E-state index contributed by atoms with van der Waals surface area (Å²) in [6.07, 6.45) is 6.78. The summed E-state index contributed by atoms with van der Waals surface area (Å²) in [4.78, 5) is 14.0. The van der Waals surface area contributed by atoms with Crippen molar-refractivity contribution in [3.8, 4) is 0 Å². The summed E-state index contributed by atoms with van der Waals surface area (Å²) in [7, 11) is -3.32. The van der Waals surface area contributed by atoms with Crippen LogP contribution in [0, 0.1) is 0 Å². The van der Waals surface area contributed by atoms with E-state index < -0.39 is 10.0 Å². The highest BCUT2D eigenvalue weighted by atomic mass is 35.5. The molecule has 138 valence electrons. The number of halogens is 1. The average molecular weight is 377 g/mol. The lowest BCUT2D eigenvalue weighted by Crippen LogP contribution is -2.67. The first-order valence-electron chi connectivity index (χ1n) is 9.26. The Morgan fingerprint density at radius 3 is 2.17 bits per heavy atom. The van der Waals surface area contributed by atoms with Crippen molar-refractivity contribution in [3.63, 3.8) is 0 Å². The van der Waals surface area contributed by atoms with Crippen LogP contribution < -0.4 is 0 Å². The molecule has 0 aromatic heterocycles. The van der Waals surface area contributed by atoms with Crippen LogP contribution in [0.4, 0.5) is 0 Å². The van der Waals surface area contributed by atoms with E-state index in [1.807, 2.05) is 11.8 Å². The van der Waals surface area contributed by atoms with Gasteiger partial charge < -0.3 is 4.90 Å². The molecule has 7 heteroatoms. The molecule has 0 N–H and O–H groups in total. The van der Waals surface area contributed by atoms with E-state index in [0.29, 0.717) is 19.4 Å². The summed E-state index contributed by atoms with van der Waals surface area (Å²) in [6.45, 7) is 4.02. The average Bonchev–Trinajstić information content (AvgIpc) is 2.54. The molecule has 24 heavy (non-hydrogen) atoms. The van der Waals surface area contributed by atoms with Gasteiger partial charge in [-0.15, -0.1) is 11.6 Å². The number of carbonyl (C=O) groups is 1. The lowest BCUT2D eigenvalue weighted by Gasteiger charge is -2.52. The van der Waals surface area contributed by atoms with Crippen LogP contribution in [-0.2, 0) is 14.8 Å². The number of fused-ring (bicyclic) bond motifs is 1. The predicted molar refractivity (Wildman–Crippen MR) is 95.5 cm³/mol. The number of hydrogen-bond acceptors (Lipinski definition) is 3. The second-order valence-corrected chi connectivity index (χ2v) is 10.5. The second-order valence-electron chi connectivity index (χ2n) is 7.68. The molecule has 5 nitrogen and oxygen atoms in total. The Bertz CT molecular complexity index is 574. The summed E-state index contributed by atoms with van der Waals surface area (Å²) >= 11 is 6.15. The van der Waals surface area contributed by atoms with Gasteiger partial charge >= 0.3 is 0 Å². The molecule has 0 bridgehead atoms. The van der Waals surface area contributed by atoms with E-state index in [2.05, 4.69) is 0 Å². The quantitative estimate of drug-likeness (QED) is 0.696. The zero-order chi connectivity index (χ0) is 17.5. The molecule has 1 saturated heterocycles. The van der Waals surface area contributed by atoms with E-state index in [1.54, 1.807) is 11.2 Å². The summed E-state index contributed by atoms with van der Waals surface area (Å²) in [6, 6.07) is -0.0577. The number of amides is 1. The zero-order valence-corrected chi connectivity index (χ0v) is 16.2. The maximum absolute atomic E-state index is 13.3. The van der Waals surface area contributed by atoms with E-state index in [9.17, 15) is 13.2 Å². The molecular formula is C17H29ClN2O3S. The Balaban J connectivity index is 1.85. The van der Waals surface area contributed by atoms with Gasteiger partial charge in [-0.25, -0.2) is 8.42 Å². The van der Waals surface area contributed by atoms with Crippen molar-refractivity contribution >= 4 is 27.5 Å². The van der Waals surface area contributed by atoms with Crippen molar-refractivity contribution in [2.24, 2.45) is 0 Å². The van der Waals surface area contributed by atoms with E-state index in [4.69, 9.17) is 11.6 Å². The third kappa shape index (κ3) is 3.34. The van der Waals surface area contributed by atoms with Gasteiger partial charge in [-0.05, 0) is 45.4 Å². The van der Waals surface area contributed by atoms with Crippen molar-refractivity contribution in [1.82, 2.24) is 9.21 Å². The van der Waals surface area contributed by atoms with Crippen LogP contribution in [0.5, 0.6) is 0 Å². The molecule has 1 amide bonds. The molecule has 0 aromatic rings. The molecule has 2 unspecified atom stereocenters. The number of nitrogens with zero attached hydrogens (tertiary/aromatic N) is 2. The van der Waals surface area contributed by atoms with Crippen molar-refractivity contribution < 1.29 is 13.2 Å². The minimum absolute atomic E-state index is 0.0409. The van der Waals surface area contributed by atoms with E-state index in [-0.39, 0.29) is 34.7 Å². The maximum atomic E-state index is 13.3. The first-order chi connectivity index (χ1) is 11.3. The van der Waals surface area contributed by atoms with Gasteiger partial charge in [0.25, 0.3) is 0 Å². The van der Waals surface area contributed by atoms with E-state index >= 15 is 0 Å². The van der Waals surface area contributed by atoms with Crippen LogP contribution >= 0.6 is 11.6 Å². The fourth-order valence-corrected chi connectivity index (χ4v) is 7.46. The van der Waals surface area contributed by atoms with Crippen LogP contribution in [0.2, 0.25) is 0 Å². The van der Waals surface area contributed by atoms with Gasteiger partial charge in [-0.1, -0.05) is 12.8 Å². The number of carbonyl (C=O) groups excluding carboxylic acids is 1. The maximum Gasteiger partial charge on any atom is 0.220 e. The van der Waals surface area contributed by atoms with Gasteiger partial charge in [0.1, 0.15) is 0 Å². The predicted octanol–water partition coefficient (Wildman–Crippen LogP) is 2.73. The Morgan fingerprint density at radius 1 is 1.00 bits per heavy atom. The van der Waals surface area contributed by atoms with E-state index in [1.165, 1.54) is 0 Å². The third-order valence-electron chi connectivity index (χ3n) is 6.06. The minimum Gasteiger partial charge on any atom is -0.334 e. The molecule has 3 aliphatic rings. The second kappa shape index (κ2) is 7.12. The lowest BCUT2D eigenvalue weighted by molar-refractivity contribution is -0.139. The lowest BCUT2D eigenvalue weighted by atomic mass is 9.86. The van der Waals surface area contributed by atoms with Crippen LogP contribution in [-0.4, -0.2) is 58.8 Å². The Hall–Kier alpha value is -0.330. The van der Waals surface area contributed by atoms with Gasteiger partial charge in [0.15, 0.2) is 0 Å². The monoisotopic (exact) mass is 376 g/mol. The first-order valence-corrected chi connectivity index (χ1v) is 11.2. The minimum atomic E-state index is -3.32. The number of sulfonamides is 1. The van der Waals surface area contributed by atoms with Crippen molar-refractivity contribution in [2.45, 2.75) is 94.0 Å². The fourth-order valence-electron chi connectivity index (χ4n) is 4.91. The van der Waals surface area contributed by atoms with Gasteiger partial charge in [-0.2, -0.15) is 4.31 Å². The summed E-state index contributed by atoms with van der Waals surface area (Å²) in [5.41, 5.74) is 0. The van der Waals surface area contributed by atoms with Crippen molar-refractivity contribution in [1.29, 1.82) is 0 Å². The molecule has 3 rings (SSSR count). The molecule has 2 aliphatic carbocycles. The normalized spacial score (nSPS) is 38.6. The number of piperazine rings is 1. The smallest absolute Gasteiger partial charge is 0.220 e. The third-order valence-corrected chi connectivity index (χ3v) is 8.88. The fraction of sp³-hybridized carbons (Fsp3) is 0.941. The zero-order valence-electron chi connectivity index (χ0n) is 14.7. The van der Waals surface area contributed by atoms with Gasteiger partial charge in [0.2, 0.25) is 15.9 Å².